The van der Waals surface area contributed by atoms with E-state index in [0.29, 0.717) is 19.3 Å². The molecule has 0 aliphatic rings. The van der Waals surface area contributed by atoms with Crippen molar-refractivity contribution in [1.82, 2.24) is 0 Å². The molecule has 0 fully saturated rings. The van der Waals surface area contributed by atoms with Gasteiger partial charge < -0.3 is 9.53 Å². The van der Waals surface area contributed by atoms with E-state index in [9.17, 15) is 9.59 Å². The van der Waals surface area contributed by atoms with Gasteiger partial charge in [-0.05, 0) is 6.42 Å². The lowest BCUT2D eigenvalue weighted by Gasteiger charge is -1.92. The van der Waals surface area contributed by atoms with Gasteiger partial charge >= 0.3 is 5.97 Å². The van der Waals surface area contributed by atoms with Crippen molar-refractivity contribution in [3.05, 3.63) is 12.2 Å². The maximum absolute atomic E-state index is 10.5. The minimum atomic E-state index is -0.222. The number of allylic oxidation sites excluding steroid dienone is 2. The van der Waals surface area contributed by atoms with Gasteiger partial charge in [0.1, 0.15) is 6.29 Å². The van der Waals surface area contributed by atoms with Crippen LogP contribution in [0.15, 0.2) is 12.2 Å². The summed E-state index contributed by atoms with van der Waals surface area (Å²) >= 11 is 0. The van der Waals surface area contributed by atoms with E-state index in [1.165, 1.54) is 7.11 Å². The van der Waals surface area contributed by atoms with Crippen LogP contribution in [0.4, 0.5) is 0 Å². The number of aldehydes is 1. The molecule has 0 rings (SSSR count). The molecule has 0 aliphatic carbocycles. The summed E-state index contributed by atoms with van der Waals surface area (Å²) in [6.07, 6.45) is 5.78. The molecule has 3 nitrogen and oxygen atoms in total. The molecule has 0 bridgehead atoms. The standard InChI is InChI=1S/C8H12O3/c1-11-8(10)6-4-2-3-5-7-9/h2-3,7H,4-6H2,1H3. The Kier molecular flexibility index (Phi) is 6.28. The van der Waals surface area contributed by atoms with Crippen LogP contribution >= 0.6 is 0 Å². The highest BCUT2D eigenvalue weighted by atomic mass is 16.5. The van der Waals surface area contributed by atoms with Gasteiger partial charge in [0, 0.05) is 12.8 Å². The molecule has 3 heteroatoms. The number of rotatable bonds is 5. The third-order valence-corrected chi connectivity index (χ3v) is 1.14. The molecule has 0 aromatic rings. The summed E-state index contributed by atoms with van der Waals surface area (Å²) in [7, 11) is 1.36. The maximum atomic E-state index is 10.5. The smallest absolute Gasteiger partial charge is 0.305 e. The Morgan fingerprint density at radius 3 is 2.73 bits per heavy atom. The quantitative estimate of drug-likeness (QED) is 0.340. The zero-order chi connectivity index (χ0) is 8.53. The number of ether oxygens (including phenoxy) is 1. The second kappa shape index (κ2) is 6.99. The van der Waals surface area contributed by atoms with Crippen molar-refractivity contribution < 1.29 is 14.3 Å². The Morgan fingerprint density at radius 1 is 1.45 bits per heavy atom. The lowest BCUT2D eigenvalue weighted by atomic mass is 10.3. The van der Waals surface area contributed by atoms with Gasteiger partial charge in [0.15, 0.2) is 0 Å². The fraction of sp³-hybridized carbons (Fsp3) is 0.500. The molecule has 0 spiro atoms. The summed E-state index contributed by atoms with van der Waals surface area (Å²) < 4.78 is 4.41. The van der Waals surface area contributed by atoms with Gasteiger partial charge in [-0.1, -0.05) is 12.2 Å². The summed E-state index contributed by atoms with van der Waals surface area (Å²) in [5.41, 5.74) is 0. The van der Waals surface area contributed by atoms with E-state index in [0.717, 1.165) is 6.29 Å². The number of carbonyl (C=O) groups excluding carboxylic acids is 2. The van der Waals surface area contributed by atoms with Crippen molar-refractivity contribution in [3.63, 3.8) is 0 Å². The van der Waals surface area contributed by atoms with Gasteiger partial charge in [0.2, 0.25) is 0 Å². The van der Waals surface area contributed by atoms with Gasteiger partial charge in [-0.25, -0.2) is 0 Å². The molecule has 0 unspecified atom stereocenters. The van der Waals surface area contributed by atoms with Crippen LogP contribution in [0.5, 0.6) is 0 Å². The summed E-state index contributed by atoms with van der Waals surface area (Å²) in [6.45, 7) is 0. The van der Waals surface area contributed by atoms with Crippen molar-refractivity contribution in [2.45, 2.75) is 19.3 Å². The molecule has 11 heavy (non-hydrogen) atoms. The Balaban J connectivity index is 3.25. The minimum absolute atomic E-state index is 0.222. The highest BCUT2D eigenvalue weighted by Gasteiger charge is 1.94. The van der Waals surface area contributed by atoms with Crippen LogP contribution < -0.4 is 0 Å². The van der Waals surface area contributed by atoms with Crippen LogP contribution in [-0.2, 0) is 14.3 Å². The molecule has 0 amide bonds. The lowest BCUT2D eigenvalue weighted by molar-refractivity contribution is -0.140. The normalized spacial score (nSPS) is 9.91. The largest absolute Gasteiger partial charge is 0.469 e. The zero-order valence-electron chi connectivity index (χ0n) is 6.58. The molecule has 0 saturated carbocycles. The number of carbonyl (C=O) groups is 2. The predicted octanol–water partition coefficient (Wildman–Crippen LogP) is 1.08. The highest BCUT2D eigenvalue weighted by Crippen LogP contribution is 1.93. The van der Waals surface area contributed by atoms with E-state index in [1.807, 2.05) is 0 Å². The number of esters is 1. The lowest BCUT2D eigenvalue weighted by Crippen LogP contribution is -1.97. The fourth-order valence-corrected chi connectivity index (χ4v) is 0.573. The van der Waals surface area contributed by atoms with E-state index in [1.54, 1.807) is 12.2 Å². The number of hydrogen-bond donors (Lipinski definition) is 0. The van der Waals surface area contributed by atoms with Gasteiger partial charge in [-0.2, -0.15) is 0 Å². The summed E-state index contributed by atoms with van der Waals surface area (Å²) in [5.74, 6) is -0.222. The van der Waals surface area contributed by atoms with Crippen molar-refractivity contribution in [2.75, 3.05) is 7.11 Å². The van der Waals surface area contributed by atoms with Crippen LogP contribution in [0, 0.1) is 0 Å². The molecule has 0 aliphatic heterocycles. The Bertz CT molecular complexity index is 149. The predicted molar refractivity (Wildman–Crippen MR) is 41.1 cm³/mol. The highest BCUT2D eigenvalue weighted by molar-refractivity contribution is 5.69. The second-order valence-electron chi connectivity index (χ2n) is 1.99. The average Bonchev–Trinajstić information content (AvgIpc) is 2.04. The monoisotopic (exact) mass is 156 g/mol. The topological polar surface area (TPSA) is 43.4 Å². The first-order valence-corrected chi connectivity index (χ1v) is 3.46. The van der Waals surface area contributed by atoms with Crippen LogP contribution in [-0.4, -0.2) is 19.4 Å². The second-order valence-corrected chi connectivity index (χ2v) is 1.99. The molecule has 62 valence electrons. The molecule has 0 radical (unpaired) electrons. The van der Waals surface area contributed by atoms with Crippen molar-refractivity contribution >= 4 is 12.3 Å². The summed E-state index contributed by atoms with van der Waals surface area (Å²) in [6, 6.07) is 0. The molecule has 0 aromatic heterocycles. The maximum Gasteiger partial charge on any atom is 0.305 e. The Morgan fingerprint density at radius 2 is 2.18 bits per heavy atom. The number of methoxy groups -OCH3 is 1. The molecular formula is C8H12O3. The van der Waals surface area contributed by atoms with Crippen LogP contribution in [0.1, 0.15) is 19.3 Å². The molecule has 0 atom stereocenters. The van der Waals surface area contributed by atoms with Crippen LogP contribution in [0.25, 0.3) is 0 Å². The first-order valence-electron chi connectivity index (χ1n) is 3.46. The molecular weight excluding hydrogens is 144 g/mol. The fourth-order valence-electron chi connectivity index (χ4n) is 0.573. The van der Waals surface area contributed by atoms with Crippen molar-refractivity contribution in [3.8, 4) is 0 Å². The van der Waals surface area contributed by atoms with Gasteiger partial charge in [0.05, 0.1) is 7.11 Å². The van der Waals surface area contributed by atoms with Gasteiger partial charge in [-0.15, -0.1) is 0 Å². The SMILES string of the molecule is COC(=O)CCC=CCC=O. The summed E-state index contributed by atoms with van der Waals surface area (Å²) in [5, 5.41) is 0. The van der Waals surface area contributed by atoms with Gasteiger partial charge in [0.25, 0.3) is 0 Å². The van der Waals surface area contributed by atoms with E-state index in [2.05, 4.69) is 4.74 Å². The summed E-state index contributed by atoms with van der Waals surface area (Å²) in [4.78, 5) is 20.3. The van der Waals surface area contributed by atoms with Gasteiger partial charge in [-0.3, -0.25) is 4.79 Å². The number of hydrogen-bond acceptors (Lipinski definition) is 3. The van der Waals surface area contributed by atoms with Crippen LogP contribution in [0.3, 0.4) is 0 Å². The van der Waals surface area contributed by atoms with E-state index in [-0.39, 0.29) is 5.97 Å². The van der Waals surface area contributed by atoms with E-state index >= 15 is 0 Å². The van der Waals surface area contributed by atoms with Crippen molar-refractivity contribution in [2.24, 2.45) is 0 Å². The molecule has 0 aromatic carbocycles. The first kappa shape index (κ1) is 9.88. The Hall–Kier alpha value is -1.12. The molecule has 0 N–H and O–H groups in total. The molecule has 0 saturated heterocycles. The third kappa shape index (κ3) is 6.77. The van der Waals surface area contributed by atoms with Crippen LogP contribution in [0.2, 0.25) is 0 Å². The third-order valence-electron chi connectivity index (χ3n) is 1.14. The van der Waals surface area contributed by atoms with Crippen molar-refractivity contribution in [1.29, 1.82) is 0 Å². The minimum Gasteiger partial charge on any atom is -0.469 e. The first-order chi connectivity index (χ1) is 5.31. The van der Waals surface area contributed by atoms with E-state index in [4.69, 9.17) is 0 Å². The van der Waals surface area contributed by atoms with E-state index < -0.39 is 0 Å². The average molecular weight is 156 g/mol. The zero-order valence-corrected chi connectivity index (χ0v) is 6.58. The molecule has 0 heterocycles. The Labute approximate surface area is 66.0 Å².